The number of aromatic nitrogens is 2. The first-order chi connectivity index (χ1) is 27.9. The molecule has 7 atom stereocenters. The number of anilines is 1. The normalized spacial score (nSPS) is 28.3. The Bertz CT molecular complexity index is 2160. The Balaban J connectivity index is 1.38. The molecule has 60 heavy (non-hydrogen) atoms. The molecule has 4 amide bonds. The van der Waals surface area contributed by atoms with E-state index in [1.54, 1.807) is 50.2 Å². The Morgan fingerprint density at radius 3 is 2.42 bits per heavy atom. The molecule has 2 aliphatic heterocycles. The Labute approximate surface area is 347 Å². The molecule has 16 nitrogen and oxygen atoms in total. The van der Waals surface area contributed by atoms with Gasteiger partial charge in [0.15, 0.2) is 0 Å². The molecule has 2 saturated carbocycles. The number of amides is 4. The van der Waals surface area contributed by atoms with E-state index in [2.05, 4.69) is 25.3 Å². The molecule has 2 aromatic rings. The maximum atomic E-state index is 14.8. The van der Waals surface area contributed by atoms with Crippen LogP contribution in [0, 0.1) is 17.8 Å². The number of alkyl halides is 3. The van der Waals surface area contributed by atoms with Gasteiger partial charge in [0.2, 0.25) is 39.3 Å². The second-order valence-electron chi connectivity index (χ2n) is 17.6. The van der Waals surface area contributed by atoms with Crippen molar-refractivity contribution < 1.29 is 55.0 Å². The van der Waals surface area contributed by atoms with Crippen LogP contribution >= 0.6 is 0 Å². The monoisotopic (exact) mass is 865 g/mol. The lowest BCUT2D eigenvalue weighted by atomic mass is 9.88. The number of halogens is 3. The molecule has 1 saturated heterocycles. The molecule has 1 aromatic heterocycles. The summed E-state index contributed by atoms with van der Waals surface area (Å²) in [5.41, 5.74) is -4.08. The maximum absolute atomic E-state index is 14.8. The number of sulfonamides is 1. The van der Waals surface area contributed by atoms with Gasteiger partial charge in [0.25, 0.3) is 5.91 Å². The van der Waals surface area contributed by atoms with Crippen LogP contribution in [0.15, 0.2) is 30.4 Å². The summed E-state index contributed by atoms with van der Waals surface area (Å²) in [5, 5.41) is 5.68. The van der Waals surface area contributed by atoms with Crippen LogP contribution in [-0.2, 0) is 29.1 Å². The van der Waals surface area contributed by atoms with Gasteiger partial charge in [-0.05, 0) is 83.3 Å². The fourth-order valence-corrected chi connectivity index (χ4v) is 9.00. The minimum atomic E-state index is -4.92. The number of nitrogens with one attached hydrogen (secondary N) is 3. The zero-order valence-corrected chi connectivity index (χ0v) is 35.8. The number of nitrogens with zero attached hydrogens (tertiary/aromatic N) is 4. The topological polar surface area (TPSA) is 198 Å². The third kappa shape index (κ3) is 9.07. The van der Waals surface area contributed by atoms with Gasteiger partial charge < -0.3 is 34.6 Å². The lowest BCUT2D eigenvalue weighted by molar-refractivity contribution is -0.244. The molecular weight excluding hydrogens is 812 g/mol. The van der Waals surface area contributed by atoms with Crippen molar-refractivity contribution in [2.75, 3.05) is 32.6 Å². The predicted molar refractivity (Wildman–Crippen MR) is 213 cm³/mol. The van der Waals surface area contributed by atoms with E-state index < -0.39 is 85.9 Å². The highest BCUT2D eigenvalue weighted by molar-refractivity contribution is 7.91. The summed E-state index contributed by atoms with van der Waals surface area (Å²) in [6, 6.07) is 2.28. The first kappa shape index (κ1) is 44.7. The highest BCUT2D eigenvalue weighted by atomic mass is 32.2. The number of allylic oxidation sites excluding steroid dienone is 1. The van der Waals surface area contributed by atoms with Crippen molar-refractivity contribution in [1.29, 1.82) is 0 Å². The lowest BCUT2D eigenvalue weighted by Gasteiger charge is -2.34. The van der Waals surface area contributed by atoms with Crippen molar-refractivity contribution in [3.63, 3.8) is 0 Å². The number of carbonyl (C=O) groups is 4. The Kier molecular flexibility index (Phi) is 12.1. The maximum Gasteiger partial charge on any atom is 0.427 e. The van der Waals surface area contributed by atoms with E-state index in [1.807, 2.05) is 13.0 Å². The van der Waals surface area contributed by atoms with Gasteiger partial charge >= 0.3 is 12.3 Å². The first-order valence-corrected chi connectivity index (χ1v) is 21.5. The molecule has 1 aromatic carbocycles. The third-order valence-corrected chi connectivity index (χ3v) is 14.2. The number of methoxy groups -OCH3 is 1. The van der Waals surface area contributed by atoms with Crippen LogP contribution in [0.25, 0.3) is 10.9 Å². The van der Waals surface area contributed by atoms with Crippen molar-refractivity contribution in [1.82, 2.24) is 30.2 Å². The zero-order chi connectivity index (χ0) is 44.2. The van der Waals surface area contributed by atoms with E-state index in [1.165, 1.54) is 18.9 Å². The molecule has 3 heterocycles. The van der Waals surface area contributed by atoms with Gasteiger partial charge in [-0.25, -0.2) is 18.2 Å². The largest absolute Gasteiger partial charge is 0.497 e. The van der Waals surface area contributed by atoms with Crippen LogP contribution in [0.3, 0.4) is 0 Å². The molecule has 7 unspecified atom stereocenters. The standard InChI is InChI=1S/C40H54F3N7O9S/c1-22-11-9-10-12-24-20-39(24,34(53)48-60(55,56)38(5)15-16-38)47-31(51)29-19-26(58-32-27-14-13-25(57-8)18-28(27)44-35(46-32)49(6)7)21-50(29)33(52)30(23(2)17-22)45-36(54)59-37(3,4)40(41,42)43/h10,12-14,18,22-24,26,29-30H,9,11,15-17,19-21H2,1-8H3,(H,45,54)(H,47,51)(H,48,53). The molecule has 3 N–H and O–H groups in total. The zero-order valence-electron chi connectivity index (χ0n) is 35.0. The summed E-state index contributed by atoms with van der Waals surface area (Å²) >= 11 is 0. The molecule has 4 aliphatic rings. The van der Waals surface area contributed by atoms with Gasteiger partial charge in [0.05, 0.1) is 29.3 Å². The highest BCUT2D eigenvalue weighted by Crippen LogP contribution is 2.48. The van der Waals surface area contributed by atoms with Crippen LogP contribution < -0.4 is 29.7 Å². The van der Waals surface area contributed by atoms with Crippen molar-refractivity contribution in [2.24, 2.45) is 17.8 Å². The van der Waals surface area contributed by atoms with E-state index in [0.29, 0.717) is 62.6 Å². The number of benzene rings is 1. The van der Waals surface area contributed by atoms with E-state index >= 15 is 0 Å². The van der Waals surface area contributed by atoms with Crippen LogP contribution in [0.4, 0.5) is 23.9 Å². The number of hydrogen-bond donors (Lipinski definition) is 3. The van der Waals surface area contributed by atoms with Gasteiger partial charge in [-0.15, -0.1) is 0 Å². The fraction of sp³-hybridized carbons (Fsp3) is 0.650. The molecule has 0 radical (unpaired) electrons. The molecule has 6 rings (SSSR count). The van der Waals surface area contributed by atoms with Crippen molar-refractivity contribution in [3.05, 3.63) is 30.4 Å². The van der Waals surface area contributed by atoms with Gasteiger partial charge in [-0.1, -0.05) is 26.0 Å². The number of fused-ring (bicyclic) bond motifs is 3. The first-order valence-electron chi connectivity index (χ1n) is 20.0. The van der Waals surface area contributed by atoms with E-state index in [-0.39, 0.29) is 37.1 Å². The SMILES string of the molecule is COc1ccc2c(OC3CC4C(=O)NC5(C(=O)NS(=O)(=O)C6(C)CC6)CC5C=CCCC(C)CC(C)C(NC(=O)OC(C)(C)C(F)(F)F)C(=O)N4C3)nc(N(C)C)nc2c1. The summed E-state index contributed by atoms with van der Waals surface area (Å²) in [6.45, 7) is 6.29. The molecule has 330 valence electrons. The Hall–Kier alpha value is -4.88. The Morgan fingerprint density at radius 1 is 1.08 bits per heavy atom. The summed E-state index contributed by atoms with van der Waals surface area (Å²) in [7, 11) is 0.887. The lowest BCUT2D eigenvalue weighted by Crippen LogP contribution is -2.59. The van der Waals surface area contributed by atoms with E-state index in [0.717, 1.165) is 0 Å². The van der Waals surface area contributed by atoms with Crippen molar-refractivity contribution >= 4 is 50.7 Å². The fourth-order valence-electron chi connectivity index (χ4n) is 7.69. The molecule has 3 fully saturated rings. The van der Waals surface area contributed by atoms with Gasteiger partial charge in [0.1, 0.15) is 29.5 Å². The minimum Gasteiger partial charge on any atom is -0.497 e. The van der Waals surface area contributed by atoms with Gasteiger partial charge in [-0.2, -0.15) is 18.2 Å². The van der Waals surface area contributed by atoms with E-state index in [4.69, 9.17) is 14.2 Å². The van der Waals surface area contributed by atoms with Crippen LogP contribution in [0.5, 0.6) is 11.6 Å². The second-order valence-corrected chi connectivity index (χ2v) is 19.8. The second kappa shape index (κ2) is 16.2. The number of ether oxygens (including phenoxy) is 3. The number of alkyl carbamates (subject to hydrolysis) is 1. The number of rotatable bonds is 9. The molecule has 20 heteroatoms. The smallest absolute Gasteiger partial charge is 0.427 e. The molecule has 0 bridgehead atoms. The van der Waals surface area contributed by atoms with Crippen LogP contribution in [0.2, 0.25) is 0 Å². The summed E-state index contributed by atoms with van der Waals surface area (Å²) < 4.78 is 85.6. The highest BCUT2D eigenvalue weighted by Gasteiger charge is 2.63. The van der Waals surface area contributed by atoms with Crippen LogP contribution in [0.1, 0.15) is 79.6 Å². The number of hydrogen-bond acceptors (Lipinski definition) is 12. The quantitative estimate of drug-likeness (QED) is 0.302. The molecule has 0 spiro atoms. The van der Waals surface area contributed by atoms with Gasteiger partial charge in [0, 0.05) is 32.5 Å². The van der Waals surface area contributed by atoms with Crippen molar-refractivity contribution in [2.45, 2.75) is 120 Å². The average molecular weight is 866 g/mol. The molecular formula is C40H54F3N7O9S. The van der Waals surface area contributed by atoms with Gasteiger partial charge in [-0.3, -0.25) is 19.1 Å². The summed E-state index contributed by atoms with van der Waals surface area (Å²) in [6.07, 6.45) is -1.49. The number of carbonyl (C=O) groups excluding carboxylic acids is 4. The summed E-state index contributed by atoms with van der Waals surface area (Å²) in [4.78, 5) is 68.6. The summed E-state index contributed by atoms with van der Waals surface area (Å²) in [5.74, 6) is -2.82. The Morgan fingerprint density at radius 2 is 1.78 bits per heavy atom. The molecule has 2 aliphatic carbocycles. The minimum absolute atomic E-state index is 0.0491. The van der Waals surface area contributed by atoms with Crippen molar-refractivity contribution in [3.8, 4) is 11.6 Å². The van der Waals surface area contributed by atoms with Crippen LogP contribution in [-0.4, -0.2) is 115 Å². The third-order valence-electron chi connectivity index (χ3n) is 12.1. The predicted octanol–water partition coefficient (Wildman–Crippen LogP) is 4.37. The van der Waals surface area contributed by atoms with E-state index in [9.17, 15) is 40.8 Å². The average Bonchev–Trinajstić information content (AvgIpc) is 4.04.